The van der Waals surface area contributed by atoms with Gasteiger partial charge in [0.2, 0.25) is 0 Å². The van der Waals surface area contributed by atoms with Crippen LogP contribution in [0.5, 0.6) is 0 Å². The minimum absolute atomic E-state index is 0.00757. The number of carbonyl (C=O) groups excluding carboxylic acids is 1. The van der Waals surface area contributed by atoms with Gasteiger partial charge in [0, 0.05) is 31.8 Å². The van der Waals surface area contributed by atoms with Gasteiger partial charge in [-0.15, -0.1) is 5.10 Å². The Bertz CT molecular complexity index is 871. The zero-order valence-electron chi connectivity index (χ0n) is 16.7. The number of nitrogens with zero attached hydrogens (tertiary/aromatic N) is 4. The molecule has 1 amide bonds. The molecule has 7 nitrogen and oxygen atoms in total. The Labute approximate surface area is 170 Å². The predicted molar refractivity (Wildman–Crippen MR) is 104 cm³/mol. The number of likely N-dealkylation sites (tertiary alicyclic amines) is 1. The summed E-state index contributed by atoms with van der Waals surface area (Å²) in [5, 5.41) is 8.93. The number of furan rings is 1. The molecule has 3 heterocycles. The van der Waals surface area contributed by atoms with Crippen LogP contribution in [0.2, 0.25) is 0 Å². The van der Waals surface area contributed by atoms with Gasteiger partial charge in [-0.3, -0.25) is 4.79 Å². The van der Waals surface area contributed by atoms with Crippen LogP contribution >= 0.6 is 0 Å². The van der Waals surface area contributed by atoms with Crippen molar-refractivity contribution in [3.05, 3.63) is 36.0 Å². The van der Waals surface area contributed by atoms with E-state index in [0.29, 0.717) is 23.5 Å². The molecule has 1 aliphatic heterocycles. The average Bonchev–Trinajstić information content (AvgIpc) is 3.59. The van der Waals surface area contributed by atoms with Crippen molar-refractivity contribution in [2.24, 2.45) is 17.8 Å². The molecule has 0 radical (unpaired) electrons. The molecule has 0 spiro atoms. The monoisotopic (exact) mass is 396 g/mol. The number of amides is 1. The quantitative estimate of drug-likeness (QED) is 0.749. The predicted octanol–water partition coefficient (Wildman–Crippen LogP) is 3.27. The zero-order valence-corrected chi connectivity index (χ0v) is 16.7. The third-order valence-electron chi connectivity index (χ3n) is 7.21. The second kappa shape index (κ2) is 6.97. The first-order chi connectivity index (χ1) is 14.2. The second-order valence-electron chi connectivity index (χ2n) is 9.46. The fraction of sp³-hybridized carbons (Fsp3) is 0.682. The van der Waals surface area contributed by atoms with Crippen molar-refractivity contribution in [1.82, 2.24) is 19.9 Å². The minimum Gasteiger partial charge on any atom is -0.459 e. The highest BCUT2D eigenvalue weighted by Gasteiger charge is 2.46. The number of rotatable bonds is 6. The number of carbonyl (C=O) groups is 1. The summed E-state index contributed by atoms with van der Waals surface area (Å²) in [6, 6.07) is 3.74. The van der Waals surface area contributed by atoms with Crippen LogP contribution in [0.3, 0.4) is 0 Å². The van der Waals surface area contributed by atoms with Crippen LogP contribution in [0.15, 0.2) is 29.0 Å². The molecule has 0 unspecified atom stereocenters. The average molecular weight is 396 g/mol. The maximum Gasteiger partial charge on any atom is 0.289 e. The van der Waals surface area contributed by atoms with E-state index in [2.05, 4.69) is 21.2 Å². The molecular weight excluding hydrogens is 368 g/mol. The number of aromatic nitrogens is 3. The van der Waals surface area contributed by atoms with Crippen LogP contribution < -0.4 is 0 Å². The molecule has 29 heavy (non-hydrogen) atoms. The lowest BCUT2D eigenvalue weighted by molar-refractivity contribution is -0.0375. The van der Waals surface area contributed by atoms with Crippen molar-refractivity contribution in [3.63, 3.8) is 0 Å². The Balaban J connectivity index is 1.20. The summed E-state index contributed by atoms with van der Waals surface area (Å²) in [5.74, 6) is 2.76. The SMILES string of the molecule is O=C(c1ccco1)N1C[C@H]2C[C@@H](n3cc(C4CC4)nn3)[C@H](OCC3CC3)C[C@H]2C1. The van der Waals surface area contributed by atoms with E-state index in [1.807, 2.05) is 4.90 Å². The molecule has 0 bridgehead atoms. The van der Waals surface area contributed by atoms with Gasteiger partial charge in [-0.1, -0.05) is 5.21 Å². The highest BCUT2D eigenvalue weighted by atomic mass is 16.5. The maximum atomic E-state index is 12.8. The summed E-state index contributed by atoms with van der Waals surface area (Å²) in [7, 11) is 0. The Kier molecular flexibility index (Phi) is 4.25. The molecule has 4 atom stereocenters. The van der Waals surface area contributed by atoms with Gasteiger partial charge >= 0.3 is 0 Å². The fourth-order valence-corrected chi connectivity index (χ4v) is 5.13. The molecule has 6 rings (SSSR count). The molecule has 4 aliphatic rings. The largest absolute Gasteiger partial charge is 0.459 e. The van der Waals surface area contributed by atoms with E-state index in [1.54, 1.807) is 18.4 Å². The molecular formula is C22H28N4O3. The highest BCUT2D eigenvalue weighted by molar-refractivity contribution is 5.91. The fourth-order valence-electron chi connectivity index (χ4n) is 5.13. The van der Waals surface area contributed by atoms with Crippen LogP contribution in [0, 0.1) is 17.8 Å². The van der Waals surface area contributed by atoms with Crippen LogP contribution in [0.25, 0.3) is 0 Å². The molecule has 4 fully saturated rings. The molecule has 3 saturated carbocycles. The van der Waals surface area contributed by atoms with Gasteiger partial charge in [-0.2, -0.15) is 0 Å². The first kappa shape index (κ1) is 17.7. The lowest BCUT2D eigenvalue weighted by atomic mass is 9.77. The topological polar surface area (TPSA) is 73.4 Å². The van der Waals surface area contributed by atoms with Crippen molar-refractivity contribution >= 4 is 5.91 Å². The summed E-state index contributed by atoms with van der Waals surface area (Å²) >= 11 is 0. The number of fused-ring (bicyclic) bond motifs is 1. The Hall–Kier alpha value is -2.15. The van der Waals surface area contributed by atoms with E-state index >= 15 is 0 Å². The second-order valence-corrected chi connectivity index (χ2v) is 9.46. The van der Waals surface area contributed by atoms with E-state index in [1.165, 1.54) is 25.7 Å². The lowest BCUT2D eigenvalue weighted by Gasteiger charge is -2.37. The standard InChI is InChI=1S/C22H28N4O3/c27-22(20-2-1-7-28-20)25-10-16-8-19(26-12-18(23-24-26)15-5-6-15)21(9-17(16)11-25)29-13-14-3-4-14/h1-2,7,12,14-17,19,21H,3-6,8-11,13H2/t16-,17+,19-,21-/m1/s1. The number of hydrogen-bond acceptors (Lipinski definition) is 5. The van der Waals surface area contributed by atoms with Crippen LogP contribution in [-0.2, 0) is 4.74 Å². The zero-order chi connectivity index (χ0) is 19.4. The molecule has 0 aromatic carbocycles. The molecule has 3 aliphatic carbocycles. The van der Waals surface area contributed by atoms with Crippen molar-refractivity contribution in [3.8, 4) is 0 Å². The molecule has 2 aromatic rings. The van der Waals surface area contributed by atoms with Gasteiger partial charge < -0.3 is 14.1 Å². The smallest absolute Gasteiger partial charge is 0.289 e. The van der Waals surface area contributed by atoms with Gasteiger partial charge in [0.05, 0.1) is 24.1 Å². The lowest BCUT2D eigenvalue weighted by Crippen LogP contribution is -2.38. The summed E-state index contributed by atoms with van der Waals surface area (Å²) in [4.78, 5) is 14.7. The third-order valence-corrected chi connectivity index (χ3v) is 7.21. The van der Waals surface area contributed by atoms with Crippen LogP contribution in [-0.4, -0.2) is 51.6 Å². The summed E-state index contributed by atoms with van der Waals surface area (Å²) in [6.45, 7) is 2.45. The highest BCUT2D eigenvalue weighted by Crippen LogP contribution is 2.44. The summed E-state index contributed by atoms with van der Waals surface area (Å²) in [5.41, 5.74) is 1.13. The van der Waals surface area contributed by atoms with E-state index in [9.17, 15) is 4.79 Å². The van der Waals surface area contributed by atoms with E-state index in [-0.39, 0.29) is 18.1 Å². The molecule has 7 heteroatoms. The van der Waals surface area contributed by atoms with Gasteiger partial charge in [0.15, 0.2) is 5.76 Å². The Morgan fingerprint density at radius 1 is 1.17 bits per heavy atom. The van der Waals surface area contributed by atoms with E-state index < -0.39 is 0 Å². The Morgan fingerprint density at radius 2 is 2.00 bits per heavy atom. The Morgan fingerprint density at radius 3 is 2.72 bits per heavy atom. The number of hydrogen-bond donors (Lipinski definition) is 0. The minimum atomic E-state index is 0.00757. The van der Waals surface area contributed by atoms with E-state index in [0.717, 1.165) is 44.1 Å². The summed E-state index contributed by atoms with van der Waals surface area (Å²) in [6.07, 6.45) is 10.9. The van der Waals surface area contributed by atoms with Crippen molar-refractivity contribution in [1.29, 1.82) is 0 Å². The maximum absolute atomic E-state index is 12.8. The van der Waals surface area contributed by atoms with Gasteiger partial charge in [0.1, 0.15) is 0 Å². The molecule has 2 aromatic heterocycles. The molecule has 154 valence electrons. The van der Waals surface area contributed by atoms with Gasteiger partial charge in [-0.25, -0.2) is 4.68 Å². The van der Waals surface area contributed by atoms with E-state index in [4.69, 9.17) is 9.15 Å². The van der Waals surface area contributed by atoms with Crippen LogP contribution in [0.4, 0.5) is 0 Å². The normalized spacial score (nSPS) is 31.8. The number of ether oxygens (including phenoxy) is 1. The van der Waals surface area contributed by atoms with Gasteiger partial charge in [-0.05, 0) is 68.4 Å². The van der Waals surface area contributed by atoms with Crippen LogP contribution in [0.1, 0.15) is 66.7 Å². The van der Waals surface area contributed by atoms with Crippen molar-refractivity contribution in [2.75, 3.05) is 19.7 Å². The summed E-state index contributed by atoms with van der Waals surface area (Å²) < 4.78 is 13.8. The first-order valence-electron chi connectivity index (χ1n) is 11.1. The first-order valence-corrected chi connectivity index (χ1v) is 11.1. The molecule has 0 N–H and O–H groups in total. The van der Waals surface area contributed by atoms with Crippen molar-refractivity contribution in [2.45, 2.75) is 56.6 Å². The van der Waals surface area contributed by atoms with Gasteiger partial charge in [0.25, 0.3) is 5.91 Å². The molecule has 1 saturated heterocycles. The van der Waals surface area contributed by atoms with Crippen molar-refractivity contribution < 1.29 is 13.9 Å². The third kappa shape index (κ3) is 3.50.